The van der Waals surface area contributed by atoms with Crippen LogP contribution in [0.15, 0.2) is 36.5 Å². The fourth-order valence-corrected chi connectivity index (χ4v) is 1.98. The van der Waals surface area contributed by atoms with Gasteiger partial charge in [0.05, 0.1) is 12.7 Å². The van der Waals surface area contributed by atoms with E-state index in [0.29, 0.717) is 5.82 Å². The number of carbonyl (C=O) groups is 1. The molecule has 1 aromatic heterocycles. The number of aromatic carboxylic acids is 1. The topological polar surface area (TPSA) is 62.7 Å². The Kier molecular flexibility index (Phi) is 3.89. The van der Waals surface area contributed by atoms with Gasteiger partial charge in [-0.1, -0.05) is 6.07 Å². The summed E-state index contributed by atoms with van der Waals surface area (Å²) in [7, 11) is 3.49. The number of anilines is 2. The summed E-state index contributed by atoms with van der Waals surface area (Å²) in [6.45, 7) is 1.84. The van der Waals surface area contributed by atoms with Crippen LogP contribution >= 0.6 is 0 Å². The summed E-state index contributed by atoms with van der Waals surface area (Å²) in [4.78, 5) is 17.0. The molecule has 20 heavy (non-hydrogen) atoms. The van der Waals surface area contributed by atoms with Crippen LogP contribution in [0.1, 0.15) is 15.9 Å². The molecule has 0 aliphatic carbocycles. The summed E-state index contributed by atoms with van der Waals surface area (Å²) in [5.74, 6) is 0.494. The number of carboxylic acid groups (broad SMARTS) is 1. The van der Waals surface area contributed by atoms with Gasteiger partial charge in [0.15, 0.2) is 0 Å². The minimum atomic E-state index is -0.976. The average Bonchev–Trinajstić information content (AvgIpc) is 2.46. The van der Waals surface area contributed by atoms with E-state index in [0.717, 1.165) is 17.0 Å². The lowest BCUT2D eigenvalue weighted by atomic mass is 10.2. The molecule has 1 N–H and O–H groups in total. The minimum absolute atomic E-state index is 0.185. The Labute approximate surface area is 117 Å². The predicted octanol–water partition coefficient (Wildman–Crippen LogP) is 2.86. The van der Waals surface area contributed by atoms with E-state index in [4.69, 9.17) is 9.84 Å². The van der Waals surface area contributed by atoms with Crippen molar-refractivity contribution < 1.29 is 14.6 Å². The zero-order valence-electron chi connectivity index (χ0n) is 11.6. The first-order chi connectivity index (χ1) is 9.52. The van der Waals surface area contributed by atoms with Crippen LogP contribution in [0.4, 0.5) is 11.5 Å². The van der Waals surface area contributed by atoms with E-state index in [9.17, 15) is 4.79 Å². The summed E-state index contributed by atoms with van der Waals surface area (Å²) in [6.07, 6.45) is 1.36. The summed E-state index contributed by atoms with van der Waals surface area (Å²) < 4.78 is 5.20. The average molecular weight is 272 g/mol. The third kappa shape index (κ3) is 2.71. The fraction of sp³-hybridized carbons (Fsp3) is 0.200. The van der Waals surface area contributed by atoms with Crippen molar-refractivity contribution in [3.63, 3.8) is 0 Å². The van der Waals surface area contributed by atoms with Gasteiger partial charge >= 0.3 is 5.97 Å². The number of carboxylic acids is 1. The van der Waals surface area contributed by atoms with Crippen molar-refractivity contribution in [3.8, 4) is 5.75 Å². The third-order valence-electron chi connectivity index (χ3n) is 3.06. The second-order valence-electron chi connectivity index (χ2n) is 4.43. The fourth-order valence-electron chi connectivity index (χ4n) is 1.98. The number of rotatable bonds is 4. The number of hydrogen-bond donors (Lipinski definition) is 1. The van der Waals surface area contributed by atoms with Gasteiger partial charge in [0.25, 0.3) is 0 Å². The Hall–Kier alpha value is -2.56. The maximum atomic E-state index is 10.9. The van der Waals surface area contributed by atoms with Gasteiger partial charge in [-0.15, -0.1) is 0 Å². The standard InChI is InChI=1S/C15H16N2O3/c1-10-7-11(15(18)19)9-16-14(10)17(2)12-5-4-6-13(8-12)20-3/h4-9H,1-3H3,(H,18,19). The van der Waals surface area contributed by atoms with E-state index in [-0.39, 0.29) is 5.56 Å². The molecule has 0 fully saturated rings. The maximum Gasteiger partial charge on any atom is 0.337 e. The third-order valence-corrected chi connectivity index (χ3v) is 3.06. The first kappa shape index (κ1) is 13.9. The molecule has 0 unspecified atom stereocenters. The van der Waals surface area contributed by atoms with E-state index in [1.54, 1.807) is 13.2 Å². The maximum absolute atomic E-state index is 10.9. The molecule has 0 atom stereocenters. The molecule has 2 aromatic rings. The molecule has 5 nitrogen and oxygen atoms in total. The SMILES string of the molecule is COc1cccc(N(C)c2ncc(C(=O)O)cc2C)c1. The highest BCUT2D eigenvalue weighted by Gasteiger charge is 2.12. The highest BCUT2D eigenvalue weighted by atomic mass is 16.5. The van der Waals surface area contributed by atoms with Crippen LogP contribution in [-0.4, -0.2) is 30.2 Å². The highest BCUT2D eigenvalue weighted by molar-refractivity contribution is 5.88. The quantitative estimate of drug-likeness (QED) is 0.927. The van der Waals surface area contributed by atoms with Crippen molar-refractivity contribution in [1.82, 2.24) is 4.98 Å². The molecule has 0 spiro atoms. The Morgan fingerprint density at radius 1 is 1.35 bits per heavy atom. The largest absolute Gasteiger partial charge is 0.497 e. The van der Waals surface area contributed by atoms with E-state index in [2.05, 4.69) is 4.98 Å². The number of aromatic nitrogens is 1. The van der Waals surface area contributed by atoms with Gasteiger partial charge in [-0.25, -0.2) is 9.78 Å². The summed E-state index contributed by atoms with van der Waals surface area (Å²) in [5.41, 5.74) is 1.91. The molecular weight excluding hydrogens is 256 g/mol. The van der Waals surface area contributed by atoms with Crippen molar-refractivity contribution in [2.24, 2.45) is 0 Å². The number of pyridine rings is 1. The highest BCUT2D eigenvalue weighted by Crippen LogP contribution is 2.27. The molecule has 1 aromatic carbocycles. The monoisotopic (exact) mass is 272 g/mol. The number of methoxy groups -OCH3 is 1. The van der Waals surface area contributed by atoms with Gasteiger partial charge in [0.1, 0.15) is 11.6 Å². The van der Waals surface area contributed by atoms with Crippen molar-refractivity contribution >= 4 is 17.5 Å². The molecule has 104 valence electrons. The van der Waals surface area contributed by atoms with Gasteiger partial charge in [-0.05, 0) is 30.7 Å². The molecule has 2 rings (SSSR count). The van der Waals surface area contributed by atoms with Crippen molar-refractivity contribution in [3.05, 3.63) is 47.7 Å². The van der Waals surface area contributed by atoms with Gasteiger partial charge in [-0.3, -0.25) is 0 Å². The van der Waals surface area contributed by atoms with Crippen LogP contribution in [0.25, 0.3) is 0 Å². The lowest BCUT2D eigenvalue weighted by molar-refractivity contribution is 0.0696. The van der Waals surface area contributed by atoms with Gasteiger partial charge in [0, 0.05) is 25.0 Å². The van der Waals surface area contributed by atoms with Crippen molar-refractivity contribution in [1.29, 1.82) is 0 Å². The van der Waals surface area contributed by atoms with Crippen molar-refractivity contribution in [2.75, 3.05) is 19.1 Å². The zero-order valence-corrected chi connectivity index (χ0v) is 11.6. The summed E-state index contributed by atoms with van der Waals surface area (Å²) in [5, 5.41) is 8.95. The first-order valence-corrected chi connectivity index (χ1v) is 6.10. The lowest BCUT2D eigenvalue weighted by Crippen LogP contribution is -2.13. The molecule has 0 saturated heterocycles. The molecule has 0 saturated carbocycles. The normalized spacial score (nSPS) is 10.2. The molecule has 0 bridgehead atoms. The molecule has 0 radical (unpaired) electrons. The smallest absolute Gasteiger partial charge is 0.337 e. The van der Waals surface area contributed by atoms with E-state index >= 15 is 0 Å². The minimum Gasteiger partial charge on any atom is -0.497 e. The van der Waals surface area contributed by atoms with E-state index in [1.165, 1.54) is 6.20 Å². The van der Waals surface area contributed by atoms with Gasteiger partial charge in [-0.2, -0.15) is 0 Å². The Balaban J connectivity index is 2.37. The molecule has 0 aliphatic rings. The summed E-state index contributed by atoms with van der Waals surface area (Å²) in [6, 6.07) is 9.21. The lowest BCUT2D eigenvalue weighted by Gasteiger charge is -2.21. The van der Waals surface area contributed by atoms with E-state index < -0.39 is 5.97 Å². The number of aryl methyl sites for hydroxylation is 1. The molecule has 5 heteroatoms. The predicted molar refractivity (Wildman–Crippen MR) is 77.0 cm³/mol. The Bertz CT molecular complexity index is 641. The molecule has 0 amide bonds. The van der Waals surface area contributed by atoms with Crippen LogP contribution in [0.2, 0.25) is 0 Å². The van der Waals surface area contributed by atoms with Crippen LogP contribution < -0.4 is 9.64 Å². The first-order valence-electron chi connectivity index (χ1n) is 6.10. The van der Waals surface area contributed by atoms with Gasteiger partial charge < -0.3 is 14.7 Å². The molecule has 1 heterocycles. The number of benzene rings is 1. The second-order valence-corrected chi connectivity index (χ2v) is 4.43. The van der Waals surface area contributed by atoms with Crippen LogP contribution in [0, 0.1) is 6.92 Å². The summed E-state index contributed by atoms with van der Waals surface area (Å²) >= 11 is 0. The second kappa shape index (κ2) is 5.61. The van der Waals surface area contributed by atoms with Crippen LogP contribution in [0.5, 0.6) is 5.75 Å². The molecule has 0 aliphatic heterocycles. The Morgan fingerprint density at radius 3 is 2.70 bits per heavy atom. The number of ether oxygens (including phenoxy) is 1. The number of hydrogen-bond acceptors (Lipinski definition) is 4. The van der Waals surface area contributed by atoms with Crippen LogP contribution in [-0.2, 0) is 0 Å². The number of nitrogens with zero attached hydrogens (tertiary/aromatic N) is 2. The van der Waals surface area contributed by atoms with Crippen LogP contribution in [0.3, 0.4) is 0 Å². The van der Waals surface area contributed by atoms with Crippen molar-refractivity contribution in [2.45, 2.75) is 6.92 Å². The Morgan fingerprint density at radius 2 is 2.10 bits per heavy atom. The van der Waals surface area contributed by atoms with E-state index in [1.807, 2.05) is 43.1 Å². The van der Waals surface area contributed by atoms with Gasteiger partial charge in [0.2, 0.25) is 0 Å². The zero-order chi connectivity index (χ0) is 14.7. The molecular formula is C15H16N2O3.